The summed E-state index contributed by atoms with van der Waals surface area (Å²) >= 11 is 0. The van der Waals surface area contributed by atoms with Crippen LogP contribution in [0.25, 0.3) is 0 Å². The van der Waals surface area contributed by atoms with Crippen LogP contribution in [0.4, 0.5) is 10.1 Å². The molecule has 1 aromatic carbocycles. The third kappa shape index (κ3) is 2.82. The molecule has 1 aliphatic heterocycles. The number of piperidine rings is 1. The molecule has 3 nitrogen and oxygen atoms in total. The SMILES string of the molecule is CN(C(=O)C1CCCCN1)c1ccc(F)cc1. The van der Waals surface area contributed by atoms with Gasteiger partial charge < -0.3 is 10.2 Å². The van der Waals surface area contributed by atoms with Gasteiger partial charge in [0.25, 0.3) is 0 Å². The van der Waals surface area contributed by atoms with Crippen LogP contribution in [0.5, 0.6) is 0 Å². The molecule has 1 unspecified atom stereocenters. The molecule has 0 aromatic heterocycles. The number of hydrogen-bond acceptors (Lipinski definition) is 2. The van der Waals surface area contributed by atoms with Gasteiger partial charge in [0.05, 0.1) is 6.04 Å². The van der Waals surface area contributed by atoms with E-state index in [9.17, 15) is 9.18 Å². The zero-order valence-electron chi connectivity index (χ0n) is 9.95. The third-order valence-corrected chi connectivity index (χ3v) is 3.15. The van der Waals surface area contributed by atoms with E-state index < -0.39 is 0 Å². The smallest absolute Gasteiger partial charge is 0.243 e. The van der Waals surface area contributed by atoms with Crippen LogP contribution in [0.3, 0.4) is 0 Å². The number of nitrogens with zero attached hydrogens (tertiary/aromatic N) is 1. The van der Waals surface area contributed by atoms with E-state index in [4.69, 9.17) is 0 Å². The number of likely N-dealkylation sites (N-methyl/N-ethyl adjacent to an activating group) is 1. The van der Waals surface area contributed by atoms with E-state index >= 15 is 0 Å². The van der Waals surface area contributed by atoms with Crippen molar-refractivity contribution in [2.45, 2.75) is 25.3 Å². The summed E-state index contributed by atoms with van der Waals surface area (Å²) in [5.74, 6) is -0.235. The molecule has 0 aliphatic carbocycles. The lowest BCUT2D eigenvalue weighted by atomic mass is 10.0. The molecule has 4 heteroatoms. The minimum absolute atomic E-state index is 0.0521. The summed E-state index contributed by atoms with van der Waals surface area (Å²) in [6, 6.07) is 5.88. The zero-order valence-corrected chi connectivity index (χ0v) is 9.95. The van der Waals surface area contributed by atoms with Gasteiger partial charge in [-0.2, -0.15) is 0 Å². The topological polar surface area (TPSA) is 32.3 Å². The minimum Gasteiger partial charge on any atom is -0.314 e. The Kier molecular flexibility index (Phi) is 3.74. The van der Waals surface area contributed by atoms with Crippen molar-refractivity contribution in [1.29, 1.82) is 0 Å². The summed E-state index contributed by atoms with van der Waals surface area (Å²) in [5, 5.41) is 3.22. The molecule has 1 aliphatic rings. The number of carbonyl (C=O) groups excluding carboxylic acids is 1. The number of benzene rings is 1. The van der Waals surface area contributed by atoms with Gasteiger partial charge in [-0.05, 0) is 43.7 Å². The molecule has 92 valence electrons. The van der Waals surface area contributed by atoms with Gasteiger partial charge >= 0.3 is 0 Å². The Morgan fingerprint density at radius 2 is 2.06 bits per heavy atom. The first kappa shape index (κ1) is 12.0. The number of amides is 1. The quantitative estimate of drug-likeness (QED) is 0.851. The van der Waals surface area contributed by atoms with E-state index in [0.29, 0.717) is 0 Å². The highest BCUT2D eigenvalue weighted by atomic mass is 19.1. The standard InChI is InChI=1S/C13H17FN2O/c1-16(11-7-5-10(14)6-8-11)13(17)12-4-2-3-9-15-12/h5-8,12,15H,2-4,9H2,1H3. The lowest BCUT2D eigenvalue weighted by Gasteiger charge is -2.27. The number of nitrogens with one attached hydrogen (secondary N) is 1. The molecule has 1 saturated heterocycles. The van der Waals surface area contributed by atoms with Gasteiger partial charge in [-0.25, -0.2) is 4.39 Å². The monoisotopic (exact) mass is 236 g/mol. The van der Waals surface area contributed by atoms with Gasteiger partial charge in [-0.1, -0.05) is 6.42 Å². The molecule has 0 radical (unpaired) electrons. The van der Waals surface area contributed by atoms with Crippen molar-refractivity contribution in [3.8, 4) is 0 Å². The van der Waals surface area contributed by atoms with Gasteiger partial charge in [0.15, 0.2) is 0 Å². The first-order valence-electron chi connectivity index (χ1n) is 5.95. The van der Waals surface area contributed by atoms with Crippen molar-refractivity contribution in [1.82, 2.24) is 5.32 Å². The van der Waals surface area contributed by atoms with Crippen molar-refractivity contribution in [2.75, 3.05) is 18.5 Å². The lowest BCUT2D eigenvalue weighted by Crippen LogP contribution is -2.47. The zero-order chi connectivity index (χ0) is 12.3. The maximum absolute atomic E-state index is 12.8. The van der Waals surface area contributed by atoms with Crippen LogP contribution in [-0.2, 0) is 4.79 Å². The molecule has 0 bridgehead atoms. The highest BCUT2D eigenvalue weighted by Gasteiger charge is 2.24. The predicted molar refractivity (Wildman–Crippen MR) is 65.5 cm³/mol. The second-order valence-electron chi connectivity index (χ2n) is 4.38. The van der Waals surface area contributed by atoms with Crippen LogP contribution < -0.4 is 10.2 Å². The second-order valence-corrected chi connectivity index (χ2v) is 4.38. The second kappa shape index (κ2) is 5.27. The van der Waals surface area contributed by atoms with Gasteiger partial charge in [-0.3, -0.25) is 4.79 Å². The van der Waals surface area contributed by atoms with Gasteiger partial charge in [-0.15, -0.1) is 0 Å². The fourth-order valence-electron chi connectivity index (χ4n) is 2.09. The van der Waals surface area contributed by atoms with E-state index in [2.05, 4.69) is 5.32 Å². The van der Waals surface area contributed by atoms with E-state index in [1.54, 1.807) is 24.1 Å². The first-order chi connectivity index (χ1) is 8.18. The summed E-state index contributed by atoms with van der Waals surface area (Å²) in [6.07, 6.45) is 3.09. The maximum atomic E-state index is 12.8. The van der Waals surface area contributed by atoms with Gasteiger partial charge in [0.2, 0.25) is 5.91 Å². The fraction of sp³-hybridized carbons (Fsp3) is 0.462. The highest BCUT2D eigenvalue weighted by Crippen LogP contribution is 2.16. The Morgan fingerprint density at radius 3 is 2.65 bits per heavy atom. The molecular formula is C13H17FN2O. The number of rotatable bonds is 2. The number of hydrogen-bond donors (Lipinski definition) is 1. The molecule has 2 rings (SSSR count). The van der Waals surface area contributed by atoms with Crippen molar-refractivity contribution < 1.29 is 9.18 Å². The summed E-state index contributed by atoms with van der Waals surface area (Å²) < 4.78 is 12.8. The van der Waals surface area contributed by atoms with Crippen molar-refractivity contribution >= 4 is 11.6 Å². The molecule has 0 spiro atoms. The van der Waals surface area contributed by atoms with E-state index in [0.717, 1.165) is 31.5 Å². The van der Waals surface area contributed by atoms with E-state index in [-0.39, 0.29) is 17.8 Å². The van der Waals surface area contributed by atoms with E-state index in [1.165, 1.54) is 12.1 Å². The molecule has 17 heavy (non-hydrogen) atoms. The molecule has 1 heterocycles. The van der Waals surface area contributed by atoms with Gasteiger partial charge in [0, 0.05) is 12.7 Å². The normalized spacial score (nSPS) is 20.0. The Balaban J connectivity index is 2.05. The van der Waals surface area contributed by atoms with Gasteiger partial charge in [0.1, 0.15) is 5.82 Å². The molecule has 1 amide bonds. The summed E-state index contributed by atoms with van der Waals surface area (Å²) in [7, 11) is 1.73. The Hall–Kier alpha value is -1.42. The molecular weight excluding hydrogens is 219 g/mol. The van der Waals surface area contributed by atoms with Crippen molar-refractivity contribution in [3.05, 3.63) is 30.1 Å². The van der Waals surface area contributed by atoms with E-state index in [1.807, 2.05) is 0 Å². The highest BCUT2D eigenvalue weighted by molar-refractivity contribution is 5.96. The Labute approximate surface area is 101 Å². The third-order valence-electron chi connectivity index (χ3n) is 3.15. The van der Waals surface area contributed by atoms with Crippen LogP contribution in [0.2, 0.25) is 0 Å². The van der Waals surface area contributed by atoms with Crippen LogP contribution in [0.1, 0.15) is 19.3 Å². The molecule has 1 atom stereocenters. The summed E-state index contributed by atoms with van der Waals surface area (Å²) in [6.45, 7) is 0.896. The lowest BCUT2D eigenvalue weighted by molar-refractivity contribution is -0.120. The number of carbonyl (C=O) groups is 1. The average Bonchev–Trinajstić information content (AvgIpc) is 2.39. The maximum Gasteiger partial charge on any atom is 0.243 e. The fourth-order valence-corrected chi connectivity index (χ4v) is 2.09. The van der Waals surface area contributed by atoms with Crippen LogP contribution in [-0.4, -0.2) is 25.5 Å². The summed E-state index contributed by atoms with van der Waals surface area (Å²) in [5.41, 5.74) is 0.726. The van der Waals surface area contributed by atoms with Crippen LogP contribution in [0.15, 0.2) is 24.3 Å². The Bertz CT molecular complexity index is 385. The molecule has 0 saturated carbocycles. The molecule has 1 fully saturated rings. The average molecular weight is 236 g/mol. The Morgan fingerprint density at radius 1 is 1.35 bits per heavy atom. The van der Waals surface area contributed by atoms with Crippen LogP contribution in [0, 0.1) is 5.82 Å². The number of anilines is 1. The van der Waals surface area contributed by atoms with Crippen molar-refractivity contribution in [2.24, 2.45) is 0 Å². The van der Waals surface area contributed by atoms with Crippen molar-refractivity contribution in [3.63, 3.8) is 0 Å². The number of halogens is 1. The minimum atomic E-state index is -0.287. The summed E-state index contributed by atoms with van der Waals surface area (Å²) in [4.78, 5) is 13.7. The predicted octanol–water partition coefficient (Wildman–Crippen LogP) is 1.93. The first-order valence-corrected chi connectivity index (χ1v) is 5.95. The molecule has 1 N–H and O–H groups in total. The molecule has 1 aromatic rings. The van der Waals surface area contributed by atoms with Crippen LogP contribution >= 0.6 is 0 Å². The largest absolute Gasteiger partial charge is 0.314 e.